The van der Waals surface area contributed by atoms with Crippen LogP contribution in [0.25, 0.3) is 93.3 Å². The van der Waals surface area contributed by atoms with E-state index in [1.54, 1.807) is 0 Å². The summed E-state index contributed by atoms with van der Waals surface area (Å²) in [7, 11) is 0. The van der Waals surface area contributed by atoms with Crippen LogP contribution in [0.3, 0.4) is 0 Å². The van der Waals surface area contributed by atoms with Crippen molar-refractivity contribution in [3.05, 3.63) is 176 Å². The molecule has 3 heteroatoms. The van der Waals surface area contributed by atoms with Crippen molar-refractivity contribution < 1.29 is 0 Å². The molecular formula is C46H29N3. The molecule has 0 spiro atoms. The monoisotopic (exact) mass is 623 g/mol. The van der Waals surface area contributed by atoms with Gasteiger partial charge in [0.15, 0.2) is 0 Å². The summed E-state index contributed by atoms with van der Waals surface area (Å²) >= 11 is 0. The van der Waals surface area contributed by atoms with E-state index in [4.69, 9.17) is 0 Å². The van der Waals surface area contributed by atoms with Gasteiger partial charge in [0.25, 0.3) is 0 Å². The molecule has 3 heterocycles. The van der Waals surface area contributed by atoms with Crippen LogP contribution >= 0.6 is 0 Å². The van der Waals surface area contributed by atoms with Gasteiger partial charge in [-0.1, -0.05) is 115 Å². The summed E-state index contributed by atoms with van der Waals surface area (Å²) in [6.07, 6.45) is 0. The maximum atomic E-state index is 2.49. The standard InChI is InChI=1S/C46H29N3/c1-2-14-31-29-32(28-27-30(31)13-1)47-39-21-9-5-17-35(39)45-41(47)23-11-25-43(45)49-40-22-10-6-18-36(40)46-42(24-12-26-44(46)49)48-37-19-7-3-15-33(37)34-16-4-8-20-38(34)48/h1-29H. The van der Waals surface area contributed by atoms with E-state index in [0.717, 1.165) is 5.69 Å². The Morgan fingerprint density at radius 1 is 0.265 bits per heavy atom. The van der Waals surface area contributed by atoms with Crippen molar-refractivity contribution in [3.63, 3.8) is 0 Å². The van der Waals surface area contributed by atoms with Gasteiger partial charge in [0, 0.05) is 38.0 Å². The van der Waals surface area contributed by atoms with Crippen LogP contribution in [0.4, 0.5) is 0 Å². The smallest absolute Gasteiger partial charge is 0.0562 e. The van der Waals surface area contributed by atoms with Crippen LogP contribution < -0.4 is 0 Å². The van der Waals surface area contributed by atoms with Crippen LogP contribution in [0.1, 0.15) is 0 Å². The third-order valence-electron chi connectivity index (χ3n) is 10.4. The summed E-state index contributed by atoms with van der Waals surface area (Å²) in [5.41, 5.74) is 10.7. The second kappa shape index (κ2) is 9.96. The molecular weight excluding hydrogens is 595 g/mol. The lowest BCUT2D eigenvalue weighted by molar-refractivity contribution is 1.17. The summed E-state index contributed by atoms with van der Waals surface area (Å²) in [4.78, 5) is 0. The maximum Gasteiger partial charge on any atom is 0.0562 e. The summed E-state index contributed by atoms with van der Waals surface area (Å²) in [5.74, 6) is 0. The molecule has 0 amide bonds. The minimum absolute atomic E-state index is 1.16. The van der Waals surface area contributed by atoms with Gasteiger partial charge >= 0.3 is 0 Å². The number of aromatic nitrogens is 3. The first kappa shape index (κ1) is 26.5. The van der Waals surface area contributed by atoms with E-state index in [9.17, 15) is 0 Å². The largest absolute Gasteiger partial charge is 0.309 e. The van der Waals surface area contributed by atoms with E-state index in [-0.39, 0.29) is 0 Å². The van der Waals surface area contributed by atoms with Crippen LogP contribution in [-0.2, 0) is 0 Å². The SMILES string of the molecule is c1ccc2cc(-n3c4ccccc4c4c(-n5c6ccccc6c6c(-n7c8ccccc8c8ccccc87)cccc65)cccc43)ccc2c1. The Bertz CT molecular complexity index is 3060. The van der Waals surface area contributed by atoms with Crippen molar-refractivity contribution >= 4 is 76.2 Å². The van der Waals surface area contributed by atoms with E-state index in [1.807, 2.05) is 0 Å². The number of para-hydroxylation sites is 4. The lowest BCUT2D eigenvalue weighted by Gasteiger charge is -2.13. The number of hydrogen-bond acceptors (Lipinski definition) is 0. The zero-order valence-corrected chi connectivity index (χ0v) is 26.6. The number of benzene rings is 8. The van der Waals surface area contributed by atoms with Gasteiger partial charge in [-0.15, -0.1) is 0 Å². The first-order chi connectivity index (χ1) is 24.3. The minimum Gasteiger partial charge on any atom is -0.309 e. The molecule has 0 unspecified atom stereocenters. The summed E-state index contributed by atoms with van der Waals surface area (Å²) < 4.78 is 7.37. The van der Waals surface area contributed by atoms with Crippen LogP contribution in [0.2, 0.25) is 0 Å². The third kappa shape index (κ3) is 3.62. The zero-order valence-electron chi connectivity index (χ0n) is 26.6. The van der Waals surface area contributed by atoms with Crippen molar-refractivity contribution in [2.24, 2.45) is 0 Å². The first-order valence-corrected chi connectivity index (χ1v) is 16.9. The van der Waals surface area contributed by atoms with Gasteiger partial charge in [-0.25, -0.2) is 0 Å². The summed E-state index contributed by atoms with van der Waals surface area (Å²) in [6.45, 7) is 0. The molecule has 49 heavy (non-hydrogen) atoms. The number of hydrogen-bond donors (Lipinski definition) is 0. The third-order valence-corrected chi connectivity index (χ3v) is 10.4. The van der Waals surface area contributed by atoms with Crippen molar-refractivity contribution in [2.45, 2.75) is 0 Å². The highest BCUT2D eigenvalue weighted by atomic mass is 15.0. The maximum absolute atomic E-state index is 2.49. The van der Waals surface area contributed by atoms with Gasteiger partial charge in [0.1, 0.15) is 0 Å². The average Bonchev–Trinajstić information content (AvgIpc) is 3.81. The lowest BCUT2D eigenvalue weighted by Crippen LogP contribution is -1.98. The second-order valence-electron chi connectivity index (χ2n) is 12.9. The number of fused-ring (bicyclic) bond motifs is 10. The topological polar surface area (TPSA) is 14.8 Å². The first-order valence-electron chi connectivity index (χ1n) is 16.9. The van der Waals surface area contributed by atoms with Crippen LogP contribution in [0.15, 0.2) is 176 Å². The van der Waals surface area contributed by atoms with Crippen molar-refractivity contribution in [2.75, 3.05) is 0 Å². The molecule has 228 valence electrons. The molecule has 11 aromatic rings. The Labute approximate surface area is 282 Å². The molecule has 0 N–H and O–H groups in total. The predicted molar refractivity (Wildman–Crippen MR) is 207 cm³/mol. The molecule has 0 atom stereocenters. The van der Waals surface area contributed by atoms with Crippen molar-refractivity contribution in [1.29, 1.82) is 0 Å². The van der Waals surface area contributed by atoms with E-state index in [1.165, 1.54) is 87.6 Å². The Hall–Kier alpha value is -6.58. The fourth-order valence-corrected chi connectivity index (χ4v) is 8.41. The highest BCUT2D eigenvalue weighted by Gasteiger charge is 2.22. The molecule has 11 rings (SSSR count). The number of nitrogens with zero attached hydrogens (tertiary/aromatic N) is 3. The lowest BCUT2D eigenvalue weighted by atomic mass is 10.1. The Kier molecular flexibility index (Phi) is 5.38. The average molecular weight is 624 g/mol. The Morgan fingerprint density at radius 3 is 1.27 bits per heavy atom. The molecule has 8 aromatic carbocycles. The van der Waals surface area contributed by atoms with E-state index >= 15 is 0 Å². The molecule has 0 bridgehead atoms. The molecule has 0 radical (unpaired) electrons. The highest BCUT2D eigenvalue weighted by molar-refractivity contribution is 6.19. The Balaban J connectivity index is 1.26. The molecule has 0 aliphatic carbocycles. The molecule has 0 saturated heterocycles. The predicted octanol–water partition coefficient (Wildman–Crippen LogP) is 12.1. The minimum atomic E-state index is 1.16. The molecule has 0 fully saturated rings. The summed E-state index contributed by atoms with van der Waals surface area (Å²) in [5, 5.41) is 10.0. The zero-order chi connectivity index (χ0) is 32.1. The Morgan fingerprint density at radius 2 is 0.673 bits per heavy atom. The highest BCUT2D eigenvalue weighted by Crippen LogP contribution is 2.43. The van der Waals surface area contributed by atoms with Gasteiger partial charge in [0.2, 0.25) is 0 Å². The van der Waals surface area contributed by atoms with Gasteiger partial charge in [-0.05, 0) is 71.4 Å². The van der Waals surface area contributed by atoms with Crippen LogP contribution in [-0.4, -0.2) is 13.7 Å². The molecule has 0 aliphatic heterocycles. The van der Waals surface area contributed by atoms with Gasteiger partial charge < -0.3 is 13.7 Å². The molecule has 0 aliphatic rings. The molecule has 0 saturated carbocycles. The van der Waals surface area contributed by atoms with E-state index in [2.05, 4.69) is 190 Å². The molecule has 3 aromatic heterocycles. The van der Waals surface area contributed by atoms with E-state index in [0.29, 0.717) is 0 Å². The summed E-state index contributed by atoms with van der Waals surface area (Å²) in [6, 6.07) is 64.2. The second-order valence-corrected chi connectivity index (χ2v) is 12.9. The van der Waals surface area contributed by atoms with Crippen molar-refractivity contribution in [1.82, 2.24) is 13.7 Å². The molecule has 3 nitrogen and oxygen atoms in total. The quantitative estimate of drug-likeness (QED) is 0.186. The normalized spacial score (nSPS) is 12.1. The van der Waals surface area contributed by atoms with Crippen LogP contribution in [0.5, 0.6) is 0 Å². The van der Waals surface area contributed by atoms with Crippen LogP contribution in [0, 0.1) is 0 Å². The van der Waals surface area contributed by atoms with Gasteiger partial charge in [-0.3, -0.25) is 0 Å². The van der Waals surface area contributed by atoms with Crippen molar-refractivity contribution in [3.8, 4) is 17.1 Å². The fourth-order valence-electron chi connectivity index (χ4n) is 8.41. The van der Waals surface area contributed by atoms with Gasteiger partial charge in [-0.2, -0.15) is 0 Å². The van der Waals surface area contributed by atoms with Gasteiger partial charge in [0.05, 0.1) is 44.5 Å². The van der Waals surface area contributed by atoms with E-state index < -0.39 is 0 Å². The number of rotatable bonds is 3. The fraction of sp³-hybridized carbons (Fsp3) is 0.